The van der Waals surface area contributed by atoms with Crippen molar-refractivity contribution in [2.24, 2.45) is 0 Å². The van der Waals surface area contributed by atoms with Gasteiger partial charge in [-0.3, -0.25) is 14.0 Å². The van der Waals surface area contributed by atoms with Crippen molar-refractivity contribution in [1.82, 2.24) is 9.80 Å². The lowest BCUT2D eigenvalue weighted by molar-refractivity contribution is 0.167. The van der Waals surface area contributed by atoms with Crippen LogP contribution in [0.4, 0.5) is 0 Å². The predicted octanol–water partition coefficient (Wildman–Crippen LogP) is 5.67. The molecule has 1 N–H and O–H groups in total. The van der Waals surface area contributed by atoms with Gasteiger partial charge >= 0.3 is 0 Å². The lowest BCUT2D eigenvalue weighted by atomic mass is 9.97. The molecule has 0 unspecified atom stereocenters. The van der Waals surface area contributed by atoms with E-state index in [-0.39, 0.29) is 24.3 Å². The third-order valence-corrected chi connectivity index (χ3v) is 8.50. The van der Waals surface area contributed by atoms with Gasteiger partial charge in [-0.2, -0.15) is 8.42 Å². The normalized spacial score (nSPS) is 19.6. The molecule has 4 aromatic carbocycles. The zero-order valence-corrected chi connectivity index (χ0v) is 24.9. The van der Waals surface area contributed by atoms with Crippen molar-refractivity contribution in [1.29, 1.82) is 0 Å². The first-order valence-corrected chi connectivity index (χ1v) is 16.4. The van der Waals surface area contributed by atoms with E-state index in [4.69, 9.17) is 4.18 Å². The van der Waals surface area contributed by atoms with Crippen molar-refractivity contribution in [3.63, 3.8) is 0 Å². The molecule has 6 nitrogen and oxygen atoms in total. The molecular formula is C35H40N2O4S. The Bertz CT molecular complexity index is 1390. The summed E-state index contributed by atoms with van der Waals surface area (Å²) >= 11 is 0. The Balaban J connectivity index is 0.000000171. The van der Waals surface area contributed by atoms with Crippen LogP contribution < -0.4 is 0 Å². The highest BCUT2D eigenvalue weighted by molar-refractivity contribution is 7.86. The van der Waals surface area contributed by atoms with Crippen LogP contribution in [-0.4, -0.2) is 68.0 Å². The summed E-state index contributed by atoms with van der Waals surface area (Å²) in [5, 5.41) is 9.80. The Hall–Kier alpha value is -3.33. The molecule has 220 valence electrons. The van der Waals surface area contributed by atoms with Gasteiger partial charge in [0.2, 0.25) is 0 Å². The van der Waals surface area contributed by atoms with Gasteiger partial charge in [0.1, 0.15) is 0 Å². The van der Waals surface area contributed by atoms with E-state index in [1.807, 2.05) is 48.5 Å². The smallest absolute Gasteiger partial charge is 0.264 e. The fraction of sp³-hybridized carbons (Fsp3) is 0.314. The molecule has 6 rings (SSSR count). The summed E-state index contributed by atoms with van der Waals surface area (Å²) in [6, 6.07) is 42.1. The minimum atomic E-state index is -3.41. The lowest BCUT2D eigenvalue weighted by Crippen LogP contribution is -2.29. The molecule has 2 aliphatic heterocycles. The van der Waals surface area contributed by atoms with Crippen LogP contribution in [0.15, 0.2) is 121 Å². The second-order valence-corrected chi connectivity index (χ2v) is 12.7. The van der Waals surface area contributed by atoms with E-state index in [9.17, 15) is 13.5 Å². The van der Waals surface area contributed by atoms with E-state index in [2.05, 4.69) is 82.6 Å². The largest absolute Gasteiger partial charge is 0.392 e. The molecule has 2 atom stereocenters. The van der Waals surface area contributed by atoms with Gasteiger partial charge in [-0.1, -0.05) is 121 Å². The molecule has 2 heterocycles. The first-order chi connectivity index (χ1) is 20.4. The zero-order chi connectivity index (χ0) is 29.4. The third kappa shape index (κ3) is 8.15. The van der Waals surface area contributed by atoms with E-state index in [1.165, 1.54) is 22.3 Å². The number of hydrogen-bond donors (Lipinski definition) is 1. The number of hydrogen-bond acceptors (Lipinski definition) is 6. The monoisotopic (exact) mass is 584 g/mol. The lowest BCUT2D eigenvalue weighted by Gasteiger charge is -2.28. The minimum Gasteiger partial charge on any atom is -0.392 e. The van der Waals surface area contributed by atoms with Gasteiger partial charge in [-0.25, -0.2) is 0 Å². The van der Waals surface area contributed by atoms with Crippen molar-refractivity contribution >= 4 is 10.1 Å². The number of aliphatic hydroxyl groups is 1. The van der Waals surface area contributed by atoms with Crippen LogP contribution in [0.2, 0.25) is 0 Å². The summed E-state index contributed by atoms with van der Waals surface area (Å²) in [5.41, 5.74) is 5.00. The summed E-state index contributed by atoms with van der Waals surface area (Å²) in [5.74, 6) is 0. The molecule has 2 saturated heterocycles. The van der Waals surface area contributed by atoms with Gasteiger partial charge in [0.25, 0.3) is 10.1 Å². The van der Waals surface area contributed by atoms with Crippen LogP contribution in [0, 0.1) is 0 Å². The first kappa shape index (κ1) is 30.1. The summed E-state index contributed by atoms with van der Waals surface area (Å²) in [6.45, 7) is 3.14. The van der Waals surface area contributed by atoms with Gasteiger partial charge in [-0.15, -0.1) is 0 Å². The van der Waals surface area contributed by atoms with E-state index in [0.29, 0.717) is 6.54 Å². The van der Waals surface area contributed by atoms with Gasteiger partial charge in [-0.05, 0) is 35.1 Å². The molecule has 0 aromatic heterocycles. The maximum atomic E-state index is 11.4. The topological polar surface area (TPSA) is 70.1 Å². The zero-order valence-electron chi connectivity index (χ0n) is 24.1. The Labute approximate surface area is 250 Å². The number of benzene rings is 4. The second kappa shape index (κ2) is 14.2. The van der Waals surface area contributed by atoms with Gasteiger partial charge < -0.3 is 5.11 Å². The van der Waals surface area contributed by atoms with Crippen molar-refractivity contribution in [3.8, 4) is 0 Å². The molecule has 0 saturated carbocycles. The fourth-order valence-electron chi connectivity index (χ4n) is 6.09. The van der Waals surface area contributed by atoms with Crippen LogP contribution >= 0.6 is 0 Å². The highest BCUT2D eigenvalue weighted by atomic mass is 32.2. The van der Waals surface area contributed by atoms with Crippen molar-refractivity contribution in [2.45, 2.75) is 37.1 Å². The van der Waals surface area contributed by atoms with Crippen LogP contribution in [0.3, 0.4) is 0 Å². The highest BCUT2D eigenvalue weighted by Gasteiger charge is 2.32. The van der Waals surface area contributed by atoms with Crippen LogP contribution in [-0.2, 0) is 14.3 Å². The first-order valence-electron chi connectivity index (χ1n) is 14.6. The number of likely N-dealkylation sites (tertiary alicyclic amines) is 2. The van der Waals surface area contributed by atoms with E-state index in [1.54, 1.807) is 0 Å². The maximum absolute atomic E-state index is 11.4. The number of β-amino-alcohol motifs (C(OH)–C–C–N with tert-alkyl or cyclic N) is 1. The Morgan fingerprint density at radius 3 is 1.31 bits per heavy atom. The van der Waals surface area contributed by atoms with Gasteiger partial charge in [0.15, 0.2) is 0 Å². The van der Waals surface area contributed by atoms with E-state index < -0.39 is 10.1 Å². The highest BCUT2D eigenvalue weighted by Crippen LogP contribution is 2.33. The number of aliphatic hydroxyl groups excluding tert-OH is 1. The fourth-order valence-corrected chi connectivity index (χ4v) is 6.74. The second-order valence-electron chi connectivity index (χ2n) is 11.1. The summed E-state index contributed by atoms with van der Waals surface area (Å²) in [6.07, 6.45) is 2.26. The summed E-state index contributed by atoms with van der Waals surface area (Å²) in [7, 11) is -3.41. The van der Waals surface area contributed by atoms with Gasteiger partial charge in [0, 0.05) is 26.2 Å². The SMILES string of the molecule is CS(=O)(=O)O[C@H]1CCN(C(c2ccccc2)c2ccccc2)C1.O[C@H]1CCN(C(c2ccccc2)c2ccccc2)C1. The molecular weight excluding hydrogens is 544 g/mol. The van der Waals surface area contributed by atoms with E-state index in [0.717, 1.165) is 38.7 Å². The molecule has 2 fully saturated rings. The summed E-state index contributed by atoms with van der Waals surface area (Å²) in [4.78, 5) is 4.66. The predicted molar refractivity (Wildman–Crippen MR) is 168 cm³/mol. The van der Waals surface area contributed by atoms with E-state index >= 15 is 0 Å². The molecule has 4 aromatic rings. The Morgan fingerprint density at radius 1 is 0.619 bits per heavy atom. The quantitative estimate of drug-likeness (QED) is 0.269. The van der Waals surface area contributed by atoms with Crippen LogP contribution in [0.25, 0.3) is 0 Å². The molecule has 7 heteroatoms. The maximum Gasteiger partial charge on any atom is 0.264 e. The standard InChI is InChI=1S/C18H21NO3S.C17H19NO/c1-23(20,21)22-17-12-13-19(14-17)18(15-8-4-2-5-9-15)16-10-6-3-7-11-16;19-16-11-12-18(13-16)17(14-7-3-1-4-8-14)15-9-5-2-6-10-15/h2-11,17-18H,12-14H2,1H3;1-10,16-17,19H,11-13H2/t17-;16-/m00/s1. The van der Waals surface area contributed by atoms with Gasteiger partial charge in [0.05, 0.1) is 30.5 Å². The molecule has 2 aliphatic rings. The van der Waals surface area contributed by atoms with Crippen LogP contribution in [0.1, 0.15) is 47.2 Å². The van der Waals surface area contributed by atoms with Crippen LogP contribution in [0.5, 0.6) is 0 Å². The molecule has 0 bridgehead atoms. The minimum absolute atomic E-state index is 0.116. The Morgan fingerprint density at radius 2 is 0.976 bits per heavy atom. The van der Waals surface area contributed by atoms with Crippen molar-refractivity contribution in [3.05, 3.63) is 144 Å². The molecule has 0 aliphatic carbocycles. The molecule has 42 heavy (non-hydrogen) atoms. The third-order valence-electron chi connectivity index (χ3n) is 7.87. The number of rotatable bonds is 8. The summed E-state index contributed by atoms with van der Waals surface area (Å²) < 4.78 is 27.9. The molecule has 0 radical (unpaired) electrons. The van der Waals surface area contributed by atoms with Crippen molar-refractivity contribution in [2.75, 3.05) is 32.4 Å². The molecule has 0 spiro atoms. The number of nitrogens with zero attached hydrogens (tertiary/aromatic N) is 2. The van der Waals surface area contributed by atoms with Crippen molar-refractivity contribution < 1.29 is 17.7 Å². The molecule has 0 amide bonds. The average Bonchev–Trinajstić information content (AvgIpc) is 3.64. The Kier molecular flexibility index (Phi) is 10.2. The average molecular weight is 585 g/mol.